The highest BCUT2D eigenvalue weighted by molar-refractivity contribution is 5.32. The molecule has 0 aliphatic heterocycles. The number of hydrogen-bond donors (Lipinski definition) is 0. The summed E-state index contributed by atoms with van der Waals surface area (Å²) in [4.78, 5) is 0. The Bertz CT molecular complexity index is 513. The SMILES string of the molecule is Cc1ccc(F)c(C(C)C23CCC(F)(CC2)C3)c1F. The van der Waals surface area contributed by atoms with E-state index in [1.54, 1.807) is 6.92 Å². The smallest absolute Gasteiger partial charge is 0.132 e. The molecule has 0 saturated heterocycles. The summed E-state index contributed by atoms with van der Waals surface area (Å²) in [7, 11) is 0. The predicted molar refractivity (Wildman–Crippen MR) is 68.9 cm³/mol. The Balaban J connectivity index is 2.02. The van der Waals surface area contributed by atoms with Crippen molar-refractivity contribution in [3.05, 3.63) is 34.9 Å². The third-order valence-electron chi connectivity index (χ3n) is 5.48. The molecular formula is C16H19F3. The van der Waals surface area contributed by atoms with Gasteiger partial charge in [0.2, 0.25) is 0 Å². The predicted octanol–water partition coefficient (Wildman–Crippen LogP) is 5.05. The van der Waals surface area contributed by atoms with Crippen LogP contribution in [0.4, 0.5) is 13.2 Å². The van der Waals surface area contributed by atoms with E-state index < -0.39 is 17.3 Å². The minimum absolute atomic E-state index is 0.158. The third kappa shape index (κ3) is 1.81. The third-order valence-corrected chi connectivity index (χ3v) is 5.48. The Hall–Kier alpha value is -0.990. The van der Waals surface area contributed by atoms with Crippen LogP contribution in [0.3, 0.4) is 0 Å². The van der Waals surface area contributed by atoms with Crippen molar-refractivity contribution in [2.45, 2.75) is 57.5 Å². The molecule has 0 heterocycles. The Labute approximate surface area is 112 Å². The van der Waals surface area contributed by atoms with Gasteiger partial charge in [0.15, 0.2) is 0 Å². The molecule has 2 aliphatic carbocycles. The molecule has 2 bridgehead atoms. The summed E-state index contributed by atoms with van der Waals surface area (Å²) in [5.41, 5.74) is -0.705. The standard InChI is InChI=1S/C16H19F3/c1-10-3-4-12(17)13(14(10)18)11(2)15-5-7-16(19,9-15)8-6-15/h3-4,11H,5-9H2,1-2H3. The maximum atomic E-state index is 14.3. The molecule has 104 valence electrons. The molecule has 1 atom stereocenters. The van der Waals surface area contributed by atoms with Crippen molar-refractivity contribution < 1.29 is 13.2 Å². The lowest BCUT2D eigenvalue weighted by Crippen LogP contribution is -2.24. The molecule has 0 radical (unpaired) electrons. The Morgan fingerprint density at radius 3 is 2.26 bits per heavy atom. The zero-order valence-corrected chi connectivity index (χ0v) is 11.4. The van der Waals surface area contributed by atoms with Gasteiger partial charge in [0.25, 0.3) is 0 Å². The zero-order valence-electron chi connectivity index (χ0n) is 11.4. The van der Waals surface area contributed by atoms with Crippen LogP contribution in [-0.4, -0.2) is 5.67 Å². The largest absolute Gasteiger partial charge is 0.244 e. The van der Waals surface area contributed by atoms with Crippen LogP contribution in [0.25, 0.3) is 0 Å². The van der Waals surface area contributed by atoms with Crippen LogP contribution < -0.4 is 0 Å². The molecule has 3 heteroatoms. The average molecular weight is 268 g/mol. The molecule has 3 rings (SSSR count). The molecule has 19 heavy (non-hydrogen) atoms. The van der Waals surface area contributed by atoms with E-state index in [1.165, 1.54) is 12.1 Å². The number of halogens is 3. The summed E-state index contributed by atoms with van der Waals surface area (Å²) in [6, 6.07) is 2.79. The minimum atomic E-state index is -1.08. The van der Waals surface area contributed by atoms with E-state index in [0.717, 1.165) is 12.8 Å². The topological polar surface area (TPSA) is 0 Å². The molecule has 0 N–H and O–H groups in total. The van der Waals surface area contributed by atoms with Gasteiger partial charge in [-0.1, -0.05) is 13.0 Å². The van der Waals surface area contributed by atoms with Gasteiger partial charge < -0.3 is 0 Å². The molecule has 1 aromatic rings. The second kappa shape index (κ2) is 4.00. The van der Waals surface area contributed by atoms with Crippen LogP contribution in [-0.2, 0) is 0 Å². The number of benzene rings is 1. The molecule has 0 nitrogen and oxygen atoms in total. The van der Waals surface area contributed by atoms with Gasteiger partial charge in [0, 0.05) is 5.56 Å². The van der Waals surface area contributed by atoms with Crippen LogP contribution in [0, 0.1) is 24.0 Å². The summed E-state index contributed by atoms with van der Waals surface area (Å²) in [5, 5.41) is 0. The van der Waals surface area contributed by atoms with E-state index in [1.807, 2.05) is 6.92 Å². The first-order chi connectivity index (χ1) is 8.87. The van der Waals surface area contributed by atoms with Crippen molar-refractivity contribution in [2.75, 3.05) is 0 Å². The van der Waals surface area contributed by atoms with Gasteiger partial charge in [-0.15, -0.1) is 0 Å². The Morgan fingerprint density at radius 1 is 1.11 bits per heavy atom. The summed E-state index contributed by atoms with van der Waals surface area (Å²) in [6.07, 6.45) is 3.06. The van der Waals surface area contributed by atoms with E-state index in [-0.39, 0.29) is 16.9 Å². The number of fused-ring (bicyclic) bond motifs is 2. The van der Waals surface area contributed by atoms with E-state index in [9.17, 15) is 13.2 Å². The quantitative estimate of drug-likeness (QED) is 0.704. The summed E-state index contributed by atoms with van der Waals surface area (Å²) in [5.74, 6) is -1.20. The van der Waals surface area contributed by atoms with E-state index >= 15 is 0 Å². The molecule has 1 aromatic carbocycles. The number of aryl methyl sites for hydroxylation is 1. The average Bonchev–Trinajstić information content (AvgIpc) is 2.89. The van der Waals surface area contributed by atoms with E-state index in [4.69, 9.17) is 0 Å². The van der Waals surface area contributed by atoms with Crippen LogP contribution in [0.5, 0.6) is 0 Å². The Morgan fingerprint density at radius 2 is 1.74 bits per heavy atom. The van der Waals surface area contributed by atoms with Crippen LogP contribution in [0.2, 0.25) is 0 Å². The van der Waals surface area contributed by atoms with Crippen molar-refractivity contribution in [1.29, 1.82) is 0 Å². The van der Waals surface area contributed by atoms with Gasteiger partial charge in [0.05, 0.1) is 0 Å². The fraction of sp³-hybridized carbons (Fsp3) is 0.625. The normalized spacial score (nSPS) is 34.8. The lowest BCUT2D eigenvalue weighted by Gasteiger charge is -2.34. The van der Waals surface area contributed by atoms with Crippen molar-refractivity contribution in [2.24, 2.45) is 5.41 Å². The lowest BCUT2D eigenvalue weighted by atomic mass is 9.70. The first kappa shape index (κ1) is 13.0. The molecule has 0 amide bonds. The Kier molecular flexibility index (Phi) is 2.74. The monoisotopic (exact) mass is 268 g/mol. The second-order valence-electron chi connectivity index (χ2n) is 6.50. The first-order valence-electron chi connectivity index (χ1n) is 7.00. The minimum Gasteiger partial charge on any atom is -0.244 e. The van der Waals surface area contributed by atoms with Gasteiger partial charge in [-0.05, 0) is 62.0 Å². The molecule has 2 fully saturated rings. The second-order valence-corrected chi connectivity index (χ2v) is 6.50. The highest BCUT2D eigenvalue weighted by Gasteiger charge is 2.57. The van der Waals surface area contributed by atoms with E-state index in [0.29, 0.717) is 24.8 Å². The van der Waals surface area contributed by atoms with Gasteiger partial charge >= 0.3 is 0 Å². The molecule has 2 aliphatic rings. The van der Waals surface area contributed by atoms with Crippen LogP contribution >= 0.6 is 0 Å². The van der Waals surface area contributed by atoms with Crippen molar-refractivity contribution >= 4 is 0 Å². The highest BCUT2D eigenvalue weighted by Crippen LogP contribution is 2.64. The highest BCUT2D eigenvalue weighted by atomic mass is 19.1. The van der Waals surface area contributed by atoms with Crippen molar-refractivity contribution in [3.63, 3.8) is 0 Å². The molecule has 1 unspecified atom stereocenters. The zero-order chi connectivity index (χ0) is 13.8. The van der Waals surface area contributed by atoms with Gasteiger partial charge in [-0.3, -0.25) is 0 Å². The molecule has 0 aromatic heterocycles. The summed E-state index contributed by atoms with van der Waals surface area (Å²) in [6.45, 7) is 3.50. The maximum Gasteiger partial charge on any atom is 0.132 e. The fourth-order valence-corrected chi connectivity index (χ4v) is 4.15. The van der Waals surface area contributed by atoms with Gasteiger partial charge in [-0.25, -0.2) is 13.2 Å². The fourth-order valence-electron chi connectivity index (χ4n) is 4.15. The summed E-state index contributed by atoms with van der Waals surface area (Å²) < 4.78 is 42.6. The lowest BCUT2D eigenvalue weighted by molar-refractivity contribution is 0.175. The van der Waals surface area contributed by atoms with Crippen LogP contribution in [0.15, 0.2) is 12.1 Å². The first-order valence-corrected chi connectivity index (χ1v) is 7.00. The van der Waals surface area contributed by atoms with E-state index in [2.05, 4.69) is 0 Å². The number of alkyl halides is 1. The number of hydrogen-bond acceptors (Lipinski definition) is 0. The van der Waals surface area contributed by atoms with Crippen molar-refractivity contribution in [3.8, 4) is 0 Å². The van der Waals surface area contributed by atoms with Gasteiger partial charge in [0.1, 0.15) is 17.3 Å². The van der Waals surface area contributed by atoms with Gasteiger partial charge in [-0.2, -0.15) is 0 Å². The number of rotatable bonds is 2. The molecule has 2 saturated carbocycles. The molecule has 0 spiro atoms. The maximum absolute atomic E-state index is 14.3. The summed E-state index contributed by atoms with van der Waals surface area (Å²) >= 11 is 0. The molecular weight excluding hydrogens is 249 g/mol. The van der Waals surface area contributed by atoms with Crippen LogP contribution in [0.1, 0.15) is 56.1 Å². The van der Waals surface area contributed by atoms with Crippen molar-refractivity contribution in [1.82, 2.24) is 0 Å².